The third-order valence-electron chi connectivity index (χ3n) is 4.48. The number of ether oxygens (including phenoxy) is 2. The standard InChI is InChI=1S/C20H12N4O5S/c1-27-16-10-11(20-21-12-4-2-3-5-17(12)30-20)6-8-14(16)28-15-9-7-13(24(25)26)18-19(15)23-29-22-18/h2-10H,1H3. The molecule has 2 heterocycles. The van der Waals surface area contributed by atoms with E-state index in [0.29, 0.717) is 11.5 Å². The maximum absolute atomic E-state index is 11.2. The summed E-state index contributed by atoms with van der Waals surface area (Å²) in [5.41, 5.74) is 1.78. The number of thiazole rings is 1. The van der Waals surface area contributed by atoms with Gasteiger partial charge in [-0.05, 0) is 46.7 Å². The van der Waals surface area contributed by atoms with Gasteiger partial charge in [-0.25, -0.2) is 9.61 Å². The second kappa shape index (κ2) is 7.08. The molecule has 0 amide bonds. The molecule has 0 saturated heterocycles. The van der Waals surface area contributed by atoms with Gasteiger partial charge in [-0.1, -0.05) is 12.1 Å². The molecule has 148 valence electrons. The first kappa shape index (κ1) is 18.0. The van der Waals surface area contributed by atoms with Gasteiger partial charge in [0.1, 0.15) is 5.01 Å². The van der Waals surface area contributed by atoms with E-state index in [1.807, 2.05) is 36.4 Å². The van der Waals surface area contributed by atoms with Crippen molar-refractivity contribution < 1.29 is 19.0 Å². The van der Waals surface area contributed by atoms with Gasteiger partial charge in [0.2, 0.25) is 5.52 Å². The van der Waals surface area contributed by atoms with Gasteiger partial charge in [0.15, 0.2) is 22.8 Å². The molecule has 0 aliphatic carbocycles. The summed E-state index contributed by atoms with van der Waals surface area (Å²) >= 11 is 1.58. The Morgan fingerprint density at radius 3 is 2.60 bits per heavy atom. The maximum atomic E-state index is 11.2. The average Bonchev–Trinajstić information content (AvgIpc) is 3.41. The van der Waals surface area contributed by atoms with Crippen LogP contribution in [0.1, 0.15) is 0 Å². The third-order valence-corrected chi connectivity index (χ3v) is 5.56. The number of rotatable bonds is 5. The molecule has 0 aliphatic heterocycles. The van der Waals surface area contributed by atoms with E-state index in [-0.39, 0.29) is 22.5 Å². The van der Waals surface area contributed by atoms with Crippen LogP contribution in [0.5, 0.6) is 17.2 Å². The molecule has 9 nitrogen and oxygen atoms in total. The lowest BCUT2D eigenvalue weighted by Gasteiger charge is -2.11. The average molecular weight is 420 g/mol. The van der Waals surface area contributed by atoms with Gasteiger partial charge in [-0.3, -0.25) is 10.1 Å². The van der Waals surface area contributed by atoms with Gasteiger partial charge in [-0.15, -0.1) is 11.3 Å². The molecular weight excluding hydrogens is 408 g/mol. The fraction of sp³-hybridized carbons (Fsp3) is 0.0500. The smallest absolute Gasteiger partial charge is 0.301 e. The normalized spacial score (nSPS) is 11.1. The number of nitrogens with zero attached hydrogens (tertiary/aromatic N) is 4. The SMILES string of the molecule is COc1cc(-c2nc3ccccc3s2)ccc1Oc1ccc([N+](=O)[O-])c2nonc12. The minimum absolute atomic E-state index is 0.0163. The molecule has 0 saturated carbocycles. The van der Waals surface area contributed by atoms with Crippen LogP contribution in [0, 0.1) is 10.1 Å². The third kappa shape index (κ3) is 2.99. The van der Waals surface area contributed by atoms with Crippen molar-refractivity contribution in [1.82, 2.24) is 15.3 Å². The van der Waals surface area contributed by atoms with Crippen molar-refractivity contribution in [2.45, 2.75) is 0 Å². The van der Waals surface area contributed by atoms with Crippen LogP contribution in [0.15, 0.2) is 59.2 Å². The van der Waals surface area contributed by atoms with Crippen LogP contribution >= 0.6 is 11.3 Å². The number of hydrogen-bond acceptors (Lipinski definition) is 9. The number of benzene rings is 3. The van der Waals surface area contributed by atoms with Crippen molar-refractivity contribution in [2.24, 2.45) is 0 Å². The van der Waals surface area contributed by atoms with Gasteiger partial charge in [0, 0.05) is 11.6 Å². The largest absolute Gasteiger partial charge is 0.493 e. The van der Waals surface area contributed by atoms with Crippen LogP contribution in [0.25, 0.3) is 31.8 Å². The molecule has 0 spiro atoms. The van der Waals surface area contributed by atoms with Crippen molar-refractivity contribution in [1.29, 1.82) is 0 Å². The highest BCUT2D eigenvalue weighted by molar-refractivity contribution is 7.21. The molecule has 5 aromatic rings. The number of nitro groups is 1. The first-order chi connectivity index (χ1) is 14.6. The minimum Gasteiger partial charge on any atom is -0.493 e. The molecule has 2 aromatic heterocycles. The first-order valence-corrected chi connectivity index (χ1v) is 9.57. The van der Waals surface area contributed by atoms with Gasteiger partial charge in [0.05, 0.1) is 22.2 Å². The Hall–Kier alpha value is -4.05. The molecule has 0 atom stereocenters. The predicted molar refractivity (Wildman–Crippen MR) is 110 cm³/mol. The second-order valence-corrected chi connectivity index (χ2v) is 7.29. The van der Waals surface area contributed by atoms with Crippen LogP contribution in [0.3, 0.4) is 0 Å². The van der Waals surface area contributed by atoms with E-state index in [2.05, 4.69) is 19.9 Å². The molecule has 0 unspecified atom stereocenters. The maximum Gasteiger partial charge on any atom is 0.301 e. The number of nitro benzene ring substituents is 1. The van der Waals surface area contributed by atoms with Crippen molar-refractivity contribution >= 4 is 38.3 Å². The summed E-state index contributed by atoms with van der Waals surface area (Å²) in [5, 5.41) is 19.4. The zero-order chi connectivity index (χ0) is 20.7. The molecule has 0 N–H and O–H groups in total. The fourth-order valence-corrected chi connectivity index (χ4v) is 4.02. The summed E-state index contributed by atoms with van der Waals surface area (Å²) in [6.45, 7) is 0. The summed E-state index contributed by atoms with van der Waals surface area (Å²) in [5.74, 6) is 1.16. The molecule has 10 heteroatoms. The molecule has 0 bridgehead atoms. The Labute approximate surface area is 172 Å². The summed E-state index contributed by atoms with van der Waals surface area (Å²) < 4.78 is 17.2. The monoisotopic (exact) mass is 420 g/mol. The molecule has 5 rings (SSSR count). The van der Waals surface area contributed by atoms with E-state index in [9.17, 15) is 10.1 Å². The van der Waals surface area contributed by atoms with E-state index in [0.717, 1.165) is 20.8 Å². The number of para-hydroxylation sites is 1. The van der Waals surface area contributed by atoms with E-state index < -0.39 is 4.92 Å². The van der Waals surface area contributed by atoms with Gasteiger partial charge >= 0.3 is 5.69 Å². The van der Waals surface area contributed by atoms with Crippen LogP contribution in [-0.4, -0.2) is 27.3 Å². The fourth-order valence-electron chi connectivity index (χ4n) is 3.06. The number of methoxy groups -OCH3 is 1. The van der Waals surface area contributed by atoms with Gasteiger partial charge in [-0.2, -0.15) is 0 Å². The molecule has 0 fully saturated rings. The molecule has 30 heavy (non-hydrogen) atoms. The zero-order valence-corrected chi connectivity index (χ0v) is 16.3. The predicted octanol–water partition coefficient (Wildman–Crippen LogP) is 5.21. The van der Waals surface area contributed by atoms with E-state index in [4.69, 9.17) is 9.47 Å². The van der Waals surface area contributed by atoms with E-state index >= 15 is 0 Å². The van der Waals surface area contributed by atoms with Crippen molar-refractivity contribution in [2.75, 3.05) is 7.11 Å². The van der Waals surface area contributed by atoms with Crippen molar-refractivity contribution in [3.63, 3.8) is 0 Å². The first-order valence-electron chi connectivity index (χ1n) is 8.75. The Kier molecular flexibility index (Phi) is 4.25. The summed E-state index contributed by atoms with van der Waals surface area (Å²) in [6, 6.07) is 16.1. The van der Waals surface area contributed by atoms with Crippen LogP contribution < -0.4 is 9.47 Å². The molecule has 3 aromatic carbocycles. The number of non-ortho nitro benzene ring substituents is 1. The van der Waals surface area contributed by atoms with Gasteiger partial charge < -0.3 is 9.47 Å². The quantitative estimate of drug-likeness (QED) is 0.281. The van der Waals surface area contributed by atoms with E-state index in [1.54, 1.807) is 17.4 Å². The summed E-state index contributed by atoms with van der Waals surface area (Å²) in [4.78, 5) is 15.3. The highest BCUT2D eigenvalue weighted by atomic mass is 32.1. The molecular formula is C20H12N4O5S. The molecule has 0 aliphatic rings. The number of aromatic nitrogens is 3. The lowest BCUT2D eigenvalue weighted by atomic mass is 10.2. The second-order valence-electron chi connectivity index (χ2n) is 6.26. The summed E-state index contributed by atoms with van der Waals surface area (Å²) in [7, 11) is 1.54. The minimum atomic E-state index is -0.552. The topological polar surface area (TPSA) is 113 Å². The van der Waals surface area contributed by atoms with Crippen molar-refractivity contribution in [3.8, 4) is 27.8 Å². The Morgan fingerprint density at radius 2 is 1.80 bits per heavy atom. The highest BCUT2D eigenvalue weighted by Gasteiger charge is 2.21. The Balaban J connectivity index is 1.53. The van der Waals surface area contributed by atoms with Gasteiger partial charge in [0.25, 0.3) is 0 Å². The molecule has 0 radical (unpaired) electrons. The highest BCUT2D eigenvalue weighted by Crippen LogP contribution is 2.40. The number of hydrogen-bond donors (Lipinski definition) is 0. The summed E-state index contributed by atoms with van der Waals surface area (Å²) in [6.07, 6.45) is 0. The van der Waals surface area contributed by atoms with E-state index in [1.165, 1.54) is 19.2 Å². The zero-order valence-electron chi connectivity index (χ0n) is 15.4. The van der Waals surface area contributed by atoms with Crippen LogP contribution in [0.4, 0.5) is 5.69 Å². The lowest BCUT2D eigenvalue weighted by molar-refractivity contribution is -0.383. The van der Waals surface area contributed by atoms with Crippen LogP contribution in [0.2, 0.25) is 0 Å². The van der Waals surface area contributed by atoms with Crippen LogP contribution in [-0.2, 0) is 0 Å². The van der Waals surface area contributed by atoms with Crippen molar-refractivity contribution in [3.05, 3.63) is 64.7 Å². The lowest BCUT2D eigenvalue weighted by Crippen LogP contribution is -1.94. The Morgan fingerprint density at radius 1 is 1.00 bits per heavy atom. The number of fused-ring (bicyclic) bond motifs is 2. The Bertz CT molecular complexity index is 1380.